The lowest BCUT2D eigenvalue weighted by Gasteiger charge is -2.12. The predicted octanol–water partition coefficient (Wildman–Crippen LogP) is 4.04. The molecule has 160 valence electrons. The number of methoxy groups -OCH3 is 1. The van der Waals surface area contributed by atoms with Crippen LogP contribution in [0.2, 0.25) is 0 Å². The van der Waals surface area contributed by atoms with Crippen molar-refractivity contribution in [3.63, 3.8) is 0 Å². The summed E-state index contributed by atoms with van der Waals surface area (Å²) < 4.78 is 30.1. The molecule has 0 aliphatic carbocycles. The van der Waals surface area contributed by atoms with Gasteiger partial charge in [-0.1, -0.05) is 36.4 Å². The molecule has 3 rings (SSSR count). The summed E-state index contributed by atoms with van der Waals surface area (Å²) in [6.45, 7) is 1.81. The van der Waals surface area contributed by atoms with Crippen molar-refractivity contribution in [1.82, 2.24) is 0 Å². The molecule has 0 saturated heterocycles. The number of carbonyl (C=O) groups is 2. The number of hydrogen-bond acceptors (Lipinski definition) is 5. The standard InChI is InChI=1S/C23H22N2O5S/c1-15(17-9-8-16-6-4-5-7-18(16)13-17)12-22(26)24-21-14-19(25-31(3,28)29)10-11-20(21)23(27)30-2/h4-14,25H,1-3H3,(H,24,26). The fraction of sp³-hybridized carbons (Fsp3) is 0.130. The van der Waals surface area contributed by atoms with Crippen LogP contribution in [0.15, 0.2) is 66.7 Å². The Labute approximate surface area is 180 Å². The Balaban J connectivity index is 1.89. The molecule has 7 nitrogen and oxygen atoms in total. The van der Waals surface area contributed by atoms with Gasteiger partial charge in [-0.25, -0.2) is 13.2 Å². The zero-order valence-electron chi connectivity index (χ0n) is 17.3. The summed E-state index contributed by atoms with van der Waals surface area (Å²) in [6, 6.07) is 18.0. The SMILES string of the molecule is COC(=O)c1ccc(NS(C)(=O)=O)cc1NC(=O)C=C(C)c1ccc2ccccc2c1. The van der Waals surface area contributed by atoms with Gasteiger partial charge in [0.1, 0.15) is 0 Å². The molecular formula is C23H22N2O5S. The lowest BCUT2D eigenvalue weighted by atomic mass is 10.0. The monoisotopic (exact) mass is 438 g/mol. The van der Waals surface area contributed by atoms with E-state index in [4.69, 9.17) is 4.74 Å². The molecule has 0 spiro atoms. The van der Waals surface area contributed by atoms with Crippen LogP contribution < -0.4 is 10.0 Å². The number of allylic oxidation sites excluding steroid dienone is 1. The van der Waals surface area contributed by atoms with Gasteiger partial charge < -0.3 is 10.1 Å². The van der Waals surface area contributed by atoms with E-state index in [1.54, 1.807) is 0 Å². The third kappa shape index (κ3) is 5.70. The molecular weight excluding hydrogens is 416 g/mol. The number of benzene rings is 3. The summed E-state index contributed by atoms with van der Waals surface area (Å²) in [5, 5.41) is 4.79. The maximum atomic E-state index is 12.6. The molecule has 3 aromatic rings. The summed E-state index contributed by atoms with van der Waals surface area (Å²) in [4.78, 5) is 24.7. The van der Waals surface area contributed by atoms with Gasteiger partial charge in [0, 0.05) is 6.08 Å². The average molecular weight is 439 g/mol. The number of carbonyl (C=O) groups excluding carboxylic acids is 2. The van der Waals surface area contributed by atoms with Gasteiger partial charge >= 0.3 is 5.97 Å². The van der Waals surface area contributed by atoms with Crippen molar-refractivity contribution in [2.24, 2.45) is 0 Å². The van der Waals surface area contributed by atoms with E-state index >= 15 is 0 Å². The van der Waals surface area contributed by atoms with Crippen LogP contribution in [0.5, 0.6) is 0 Å². The van der Waals surface area contributed by atoms with Crippen LogP contribution in [0.25, 0.3) is 16.3 Å². The number of sulfonamides is 1. The first-order chi connectivity index (χ1) is 14.7. The molecule has 0 aliphatic rings. The second-order valence-electron chi connectivity index (χ2n) is 7.00. The van der Waals surface area contributed by atoms with Crippen molar-refractivity contribution >= 4 is 49.6 Å². The maximum absolute atomic E-state index is 12.6. The van der Waals surface area contributed by atoms with Crippen molar-refractivity contribution in [1.29, 1.82) is 0 Å². The van der Waals surface area contributed by atoms with Crippen molar-refractivity contribution in [3.8, 4) is 0 Å². The number of rotatable bonds is 6. The maximum Gasteiger partial charge on any atom is 0.339 e. The first-order valence-electron chi connectivity index (χ1n) is 9.35. The van der Waals surface area contributed by atoms with Gasteiger partial charge in [-0.05, 0) is 53.1 Å². The van der Waals surface area contributed by atoms with Crippen LogP contribution in [0.4, 0.5) is 11.4 Å². The van der Waals surface area contributed by atoms with Crippen molar-refractivity contribution in [3.05, 3.63) is 77.9 Å². The van der Waals surface area contributed by atoms with Gasteiger partial charge in [-0.15, -0.1) is 0 Å². The van der Waals surface area contributed by atoms with E-state index in [2.05, 4.69) is 10.0 Å². The highest BCUT2D eigenvalue weighted by molar-refractivity contribution is 7.92. The van der Waals surface area contributed by atoms with Crippen LogP contribution in [0.3, 0.4) is 0 Å². The van der Waals surface area contributed by atoms with Crippen molar-refractivity contribution < 1.29 is 22.7 Å². The number of fused-ring (bicyclic) bond motifs is 1. The average Bonchev–Trinajstić information content (AvgIpc) is 2.71. The highest BCUT2D eigenvalue weighted by atomic mass is 32.2. The molecule has 0 heterocycles. The second kappa shape index (κ2) is 9.01. The summed E-state index contributed by atoms with van der Waals surface area (Å²) in [5.74, 6) is -1.12. The van der Waals surface area contributed by atoms with Gasteiger partial charge in [-0.2, -0.15) is 0 Å². The highest BCUT2D eigenvalue weighted by Gasteiger charge is 2.15. The number of ether oxygens (including phenoxy) is 1. The largest absolute Gasteiger partial charge is 0.465 e. The number of amides is 1. The van der Waals surface area contributed by atoms with Gasteiger partial charge in [0.05, 0.1) is 30.3 Å². The van der Waals surface area contributed by atoms with Crippen LogP contribution in [-0.4, -0.2) is 33.7 Å². The van der Waals surface area contributed by atoms with Crippen LogP contribution in [0, 0.1) is 0 Å². The number of nitrogens with one attached hydrogen (secondary N) is 2. The molecule has 0 atom stereocenters. The Bertz CT molecular complexity index is 1300. The van der Waals surface area contributed by atoms with Crippen molar-refractivity contribution in [2.75, 3.05) is 23.4 Å². The summed E-state index contributed by atoms with van der Waals surface area (Å²) in [5.41, 5.74) is 2.06. The van der Waals surface area contributed by atoms with Gasteiger partial charge in [0.2, 0.25) is 15.9 Å². The van der Waals surface area contributed by atoms with Crippen molar-refractivity contribution in [2.45, 2.75) is 6.92 Å². The predicted molar refractivity (Wildman–Crippen MR) is 122 cm³/mol. The third-order valence-corrected chi connectivity index (χ3v) is 5.14. The molecule has 0 bridgehead atoms. The zero-order chi connectivity index (χ0) is 22.6. The Hall–Kier alpha value is -3.65. The normalized spacial score (nSPS) is 11.8. The Kier molecular flexibility index (Phi) is 6.41. The molecule has 0 saturated carbocycles. The molecule has 2 N–H and O–H groups in total. The first kappa shape index (κ1) is 22.0. The first-order valence-corrected chi connectivity index (χ1v) is 11.2. The number of esters is 1. The fourth-order valence-corrected chi connectivity index (χ4v) is 3.65. The molecule has 0 aliphatic heterocycles. The van der Waals surface area contributed by atoms with Gasteiger partial charge in [-0.3, -0.25) is 9.52 Å². The van der Waals surface area contributed by atoms with Gasteiger partial charge in [0.15, 0.2) is 0 Å². The lowest BCUT2D eigenvalue weighted by molar-refractivity contribution is -0.111. The van der Waals surface area contributed by atoms with Crippen LogP contribution in [0.1, 0.15) is 22.8 Å². The minimum Gasteiger partial charge on any atom is -0.465 e. The summed E-state index contributed by atoms with van der Waals surface area (Å²) in [6.07, 6.45) is 2.43. The Morgan fingerprint density at radius 3 is 2.35 bits per heavy atom. The molecule has 0 aromatic heterocycles. The van der Waals surface area contributed by atoms with E-state index < -0.39 is 21.9 Å². The zero-order valence-corrected chi connectivity index (χ0v) is 18.1. The van der Waals surface area contributed by atoms with E-state index in [0.717, 1.165) is 28.2 Å². The van der Waals surface area contributed by atoms with E-state index in [0.29, 0.717) is 0 Å². The second-order valence-corrected chi connectivity index (χ2v) is 8.75. The molecule has 3 aromatic carbocycles. The Morgan fingerprint density at radius 2 is 1.68 bits per heavy atom. The smallest absolute Gasteiger partial charge is 0.339 e. The highest BCUT2D eigenvalue weighted by Crippen LogP contribution is 2.24. The van der Waals surface area contributed by atoms with Crippen LogP contribution in [-0.2, 0) is 19.6 Å². The molecule has 0 unspecified atom stereocenters. The van der Waals surface area contributed by atoms with E-state index in [9.17, 15) is 18.0 Å². The summed E-state index contributed by atoms with van der Waals surface area (Å²) in [7, 11) is -2.30. The third-order valence-electron chi connectivity index (χ3n) is 4.54. The summed E-state index contributed by atoms with van der Waals surface area (Å²) >= 11 is 0. The van der Waals surface area contributed by atoms with Gasteiger partial charge in [0.25, 0.3) is 0 Å². The number of hydrogen-bond donors (Lipinski definition) is 2. The topological polar surface area (TPSA) is 102 Å². The van der Waals surface area contributed by atoms with E-state index in [1.165, 1.54) is 31.4 Å². The fourth-order valence-electron chi connectivity index (χ4n) is 3.10. The van der Waals surface area contributed by atoms with E-state index in [-0.39, 0.29) is 16.9 Å². The van der Waals surface area contributed by atoms with E-state index in [1.807, 2.05) is 49.4 Å². The minimum atomic E-state index is -3.52. The molecule has 0 fully saturated rings. The Morgan fingerprint density at radius 1 is 0.968 bits per heavy atom. The molecule has 31 heavy (non-hydrogen) atoms. The minimum absolute atomic E-state index is 0.103. The molecule has 8 heteroatoms. The van der Waals surface area contributed by atoms with Crippen LogP contribution >= 0.6 is 0 Å². The lowest BCUT2D eigenvalue weighted by Crippen LogP contribution is -2.15. The molecule has 0 radical (unpaired) electrons. The quantitative estimate of drug-likeness (QED) is 0.447. The number of anilines is 2. The molecule has 1 amide bonds.